The molecule has 1 aliphatic heterocycles. The second-order valence-corrected chi connectivity index (χ2v) is 7.92. The van der Waals surface area contributed by atoms with Crippen LogP contribution < -0.4 is 10.2 Å². The Hall–Kier alpha value is -2.99. The molecule has 1 fully saturated rings. The van der Waals surface area contributed by atoms with Crippen LogP contribution in [0.15, 0.2) is 54.9 Å². The molecule has 7 heteroatoms. The van der Waals surface area contributed by atoms with Crippen LogP contribution >= 0.6 is 11.6 Å². The van der Waals surface area contributed by atoms with E-state index in [2.05, 4.69) is 15.3 Å². The molecule has 2 heterocycles. The number of nitrogens with zero attached hydrogens (tertiary/aromatic N) is 3. The van der Waals surface area contributed by atoms with E-state index < -0.39 is 0 Å². The maximum absolute atomic E-state index is 13.1. The molecular formula is C23H22ClFN4O. The van der Waals surface area contributed by atoms with Gasteiger partial charge >= 0.3 is 0 Å². The summed E-state index contributed by atoms with van der Waals surface area (Å²) in [5, 5.41) is 3.60. The van der Waals surface area contributed by atoms with Gasteiger partial charge in [-0.05, 0) is 55.2 Å². The van der Waals surface area contributed by atoms with Gasteiger partial charge in [-0.2, -0.15) is 0 Å². The zero-order valence-corrected chi connectivity index (χ0v) is 17.4. The Morgan fingerprint density at radius 2 is 1.87 bits per heavy atom. The highest BCUT2D eigenvalue weighted by Crippen LogP contribution is 2.25. The van der Waals surface area contributed by atoms with E-state index in [4.69, 9.17) is 11.6 Å². The van der Waals surface area contributed by atoms with Crippen LogP contribution in [0, 0.1) is 18.7 Å². The summed E-state index contributed by atoms with van der Waals surface area (Å²) in [6, 6.07) is 11.8. The fraction of sp³-hybridized carbons (Fsp3) is 0.261. The first kappa shape index (κ1) is 20.3. The van der Waals surface area contributed by atoms with Gasteiger partial charge in [-0.15, -0.1) is 0 Å². The standard InChI is InChI=1S/C23H22ClFN4O/c1-15-4-9-20(11-21(15)24)28-22(30)17-3-2-10-29(14-17)23-26-12-18(13-27-23)16-5-7-19(25)8-6-16/h4-9,11-13,17H,2-3,10,14H2,1H3,(H,28,30). The lowest BCUT2D eigenvalue weighted by Gasteiger charge is -2.32. The maximum Gasteiger partial charge on any atom is 0.229 e. The SMILES string of the molecule is Cc1ccc(NC(=O)C2CCCN(c3ncc(-c4ccc(F)cc4)cn3)C2)cc1Cl. The van der Waals surface area contributed by atoms with E-state index in [0.717, 1.165) is 36.1 Å². The molecule has 2 aromatic carbocycles. The molecule has 1 N–H and O–H groups in total. The molecule has 4 rings (SSSR count). The summed E-state index contributed by atoms with van der Waals surface area (Å²) >= 11 is 6.16. The van der Waals surface area contributed by atoms with Crippen LogP contribution in [0.1, 0.15) is 18.4 Å². The number of aromatic nitrogens is 2. The lowest BCUT2D eigenvalue weighted by atomic mass is 9.97. The summed E-state index contributed by atoms with van der Waals surface area (Å²) in [5.74, 6) is 0.139. The second kappa shape index (κ2) is 8.79. The number of anilines is 2. The highest BCUT2D eigenvalue weighted by atomic mass is 35.5. The van der Waals surface area contributed by atoms with Crippen LogP contribution in [0.5, 0.6) is 0 Å². The molecule has 0 aliphatic carbocycles. The van der Waals surface area contributed by atoms with E-state index in [9.17, 15) is 9.18 Å². The number of carbonyl (C=O) groups is 1. The Kier molecular flexibility index (Phi) is 5.95. The minimum absolute atomic E-state index is 0.0254. The van der Waals surface area contributed by atoms with Crippen molar-refractivity contribution in [3.05, 3.63) is 71.3 Å². The maximum atomic E-state index is 13.1. The van der Waals surface area contributed by atoms with Crippen molar-refractivity contribution in [1.29, 1.82) is 0 Å². The molecule has 0 bridgehead atoms. The van der Waals surface area contributed by atoms with Crippen molar-refractivity contribution in [2.24, 2.45) is 5.92 Å². The van der Waals surface area contributed by atoms with E-state index in [1.165, 1.54) is 12.1 Å². The third kappa shape index (κ3) is 4.60. The number of benzene rings is 2. The highest BCUT2D eigenvalue weighted by Gasteiger charge is 2.27. The molecule has 1 aromatic heterocycles. The minimum atomic E-state index is -0.276. The Bertz CT molecular complexity index is 1040. The lowest BCUT2D eigenvalue weighted by Crippen LogP contribution is -2.41. The van der Waals surface area contributed by atoms with Crippen LogP contribution in [0.2, 0.25) is 5.02 Å². The van der Waals surface area contributed by atoms with Crippen molar-refractivity contribution in [3.63, 3.8) is 0 Å². The van der Waals surface area contributed by atoms with Gasteiger partial charge in [0.15, 0.2) is 0 Å². The molecule has 0 radical (unpaired) electrons. The number of nitrogens with one attached hydrogen (secondary N) is 1. The first-order valence-corrected chi connectivity index (χ1v) is 10.3. The van der Waals surface area contributed by atoms with E-state index in [1.807, 2.05) is 24.0 Å². The normalized spacial score (nSPS) is 16.4. The molecule has 1 saturated heterocycles. The Morgan fingerprint density at radius 1 is 1.13 bits per heavy atom. The van der Waals surface area contributed by atoms with Crippen molar-refractivity contribution in [2.75, 3.05) is 23.3 Å². The van der Waals surface area contributed by atoms with Gasteiger partial charge in [-0.3, -0.25) is 4.79 Å². The van der Waals surface area contributed by atoms with E-state index in [0.29, 0.717) is 23.2 Å². The predicted octanol–water partition coefficient (Wildman–Crippen LogP) is 5.10. The molecule has 3 aromatic rings. The van der Waals surface area contributed by atoms with Gasteiger partial charge in [0, 0.05) is 41.8 Å². The average molecular weight is 425 g/mol. The number of hydrogen-bond acceptors (Lipinski definition) is 4. The molecule has 154 valence electrons. The Balaban J connectivity index is 1.42. The zero-order valence-electron chi connectivity index (χ0n) is 16.6. The van der Waals surface area contributed by atoms with E-state index >= 15 is 0 Å². The van der Waals surface area contributed by atoms with Crippen molar-refractivity contribution in [3.8, 4) is 11.1 Å². The molecule has 30 heavy (non-hydrogen) atoms. The molecular weight excluding hydrogens is 403 g/mol. The summed E-state index contributed by atoms with van der Waals surface area (Å²) in [5.41, 5.74) is 3.35. The summed E-state index contributed by atoms with van der Waals surface area (Å²) in [6.07, 6.45) is 5.16. The van der Waals surface area contributed by atoms with Crippen molar-refractivity contribution in [2.45, 2.75) is 19.8 Å². The smallest absolute Gasteiger partial charge is 0.229 e. The number of carbonyl (C=O) groups excluding carboxylic acids is 1. The Labute approximate surface area is 179 Å². The van der Waals surface area contributed by atoms with Crippen molar-refractivity contribution >= 4 is 29.1 Å². The van der Waals surface area contributed by atoms with Gasteiger partial charge in [0.1, 0.15) is 5.82 Å². The van der Waals surface area contributed by atoms with Crippen LogP contribution in [0.25, 0.3) is 11.1 Å². The number of aryl methyl sites for hydroxylation is 1. The van der Waals surface area contributed by atoms with Gasteiger partial charge in [0.05, 0.1) is 5.92 Å². The van der Waals surface area contributed by atoms with Crippen molar-refractivity contribution in [1.82, 2.24) is 9.97 Å². The number of hydrogen-bond donors (Lipinski definition) is 1. The number of halogens is 2. The number of rotatable bonds is 4. The first-order valence-electron chi connectivity index (χ1n) is 9.89. The zero-order chi connectivity index (χ0) is 21.1. The second-order valence-electron chi connectivity index (χ2n) is 7.52. The summed E-state index contributed by atoms with van der Waals surface area (Å²) < 4.78 is 13.1. The highest BCUT2D eigenvalue weighted by molar-refractivity contribution is 6.31. The van der Waals surface area contributed by atoms with Gasteiger partial charge < -0.3 is 10.2 Å². The number of amides is 1. The Morgan fingerprint density at radius 3 is 2.57 bits per heavy atom. The molecule has 5 nitrogen and oxygen atoms in total. The third-order valence-electron chi connectivity index (χ3n) is 5.33. The molecule has 1 unspecified atom stereocenters. The lowest BCUT2D eigenvalue weighted by molar-refractivity contribution is -0.120. The molecule has 1 amide bonds. The fourth-order valence-corrected chi connectivity index (χ4v) is 3.74. The van der Waals surface area contributed by atoms with Gasteiger partial charge in [0.2, 0.25) is 11.9 Å². The predicted molar refractivity (Wildman–Crippen MR) is 117 cm³/mol. The van der Waals surface area contributed by atoms with Gasteiger partial charge in [-0.1, -0.05) is 29.8 Å². The van der Waals surface area contributed by atoms with Gasteiger partial charge in [-0.25, -0.2) is 14.4 Å². The monoisotopic (exact) mass is 424 g/mol. The van der Waals surface area contributed by atoms with Crippen LogP contribution in [0.3, 0.4) is 0 Å². The largest absolute Gasteiger partial charge is 0.340 e. The van der Waals surface area contributed by atoms with Crippen LogP contribution in [-0.2, 0) is 4.79 Å². The fourth-order valence-electron chi connectivity index (χ4n) is 3.56. The molecule has 0 saturated carbocycles. The average Bonchev–Trinajstić information content (AvgIpc) is 2.77. The first-order chi connectivity index (χ1) is 14.5. The molecule has 1 aliphatic rings. The van der Waals surface area contributed by atoms with Gasteiger partial charge in [0.25, 0.3) is 0 Å². The minimum Gasteiger partial charge on any atom is -0.340 e. The summed E-state index contributed by atoms with van der Waals surface area (Å²) in [7, 11) is 0. The van der Waals surface area contributed by atoms with E-state index in [-0.39, 0.29) is 17.6 Å². The van der Waals surface area contributed by atoms with Crippen LogP contribution in [-0.4, -0.2) is 29.0 Å². The van der Waals surface area contributed by atoms with E-state index in [1.54, 1.807) is 30.6 Å². The van der Waals surface area contributed by atoms with Crippen LogP contribution in [0.4, 0.5) is 16.0 Å². The summed E-state index contributed by atoms with van der Waals surface area (Å²) in [6.45, 7) is 3.28. The third-order valence-corrected chi connectivity index (χ3v) is 5.74. The quantitative estimate of drug-likeness (QED) is 0.633. The molecule has 1 atom stereocenters. The number of piperidine rings is 1. The van der Waals surface area contributed by atoms with Crippen molar-refractivity contribution < 1.29 is 9.18 Å². The topological polar surface area (TPSA) is 58.1 Å². The summed E-state index contributed by atoms with van der Waals surface area (Å²) in [4.78, 5) is 23.7. The molecule has 0 spiro atoms.